The van der Waals surface area contributed by atoms with Crippen LogP contribution in [0.15, 0.2) is 54.6 Å². The van der Waals surface area contributed by atoms with Crippen molar-refractivity contribution in [3.63, 3.8) is 0 Å². The fourth-order valence-corrected chi connectivity index (χ4v) is 6.68. The molecule has 0 heterocycles. The molecule has 4 N–H and O–H groups in total. The van der Waals surface area contributed by atoms with Crippen molar-refractivity contribution in [3.8, 4) is 5.75 Å². The van der Waals surface area contributed by atoms with Gasteiger partial charge >= 0.3 is 11.9 Å². The third-order valence-electron chi connectivity index (χ3n) is 8.89. The molecule has 40 heavy (non-hydrogen) atoms. The summed E-state index contributed by atoms with van der Waals surface area (Å²) in [5.74, 6) is 2.59. The van der Waals surface area contributed by atoms with E-state index in [1.165, 1.54) is 82.6 Å². The first-order chi connectivity index (χ1) is 19.4. The maximum Gasteiger partial charge on any atom is 0.336 e. The highest BCUT2D eigenvalue weighted by Gasteiger charge is 2.31. The Morgan fingerprint density at radius 2 is 1.40 bits per heavy atom. The van der Waals surface area contributed by atoms with E-state index >= 15 is 0 Å². The summed E-state index contributed by atoms with van der Waals surface area (Å²) in [6, 6.07) is 12.8. The molecule has 0 amide bonds. The number of hydrogen-bond donors (Lipinski definition) is 2. The molecule has 0 aromatic heterocycles. The summed E-state index contributed by atoms with van der Waals surface area (Å²) in [4.78, 5) is 24.2. The van der Waals surface area contributed by atoms with Gasteiger partial charge in [0.1, 0.15) is 12.4 Å². The highest BCUT2D eigenvalue weighted by molar-refractivity contribution is 5.92. The van der Waals surface area contributed by atoms with Gasteiger partial charge in [-0.05, 0) is 104 Å². The van der Waals surface area contributed by atoms with Gasteiger partial charge in [0, 0.05) is 23.5 Å². The Morgan fingerprint density at radius 3 is 2.02 bits per heavy atom. The minimum absolute atomic E-state index is 0.0110. The molecule has 6 nitrogen and oxygen atoms in total. The van der Waals surface area contributed by atoms with Crippen LogP contribution in [0.2, 0.25) is 0 Å². The van der Waals surface area contributed by atoms with Gasteiger partial charge in [-0.25, -0.2) is 9.59 Å². The average molecular weight is 547 g/mol. The molecule has 0 atom stereocenters. The predicted molar refractivity (Wildman–Crippen MR) is 161 cm³/mol. The van der Waals surface area contributed by atoms with E-state index in [1.54, 1.807) is 18.2 Å². The van der Waals surface area contributed by atoms with Crippen molar-refractivity contribution in [2.75, 3.05) is 11.5 Å². The zero-order valence-electron chi connectivity index (χ0n) is 24.0. The molecule has 0 spiro atoms. The second-order valence-corrected chi connectivity index (χ2v) is 11.8. The third-order valence-corrected chi connectivity index (χ3v) is 8.89. The number of unbranched alkanes of at least 4 members (excludes halogenated alkanes) is 2. The molecule has 2 aliphatic rings. The Bertz CT molecular complexity index is 1110. The minimum Gasteiger partial charge on any atom is -0.458 e. The number of ether oxygens (including phenoxy) is 2. The van der Waals surface area contributed by atoms with Crippen molar-refractivity contribution < 1.29 is 19.1 Å². The molecule has 216 valence electrons. The van der Waals surface area contributed by atoms with E-state index in [9.17, 15) is 9.59 Å². The van der Waals surface area contributed by atoms with Crippen LogP contribution >= 0.6 is 0 Å². The zero-order chi connectivity index (χ0) is 28.3. The standard InChI is InChI=1S/C34H46N2O4/c1-2-3-4-5-24-6-8-26(9-7-24)27-10-12-28(13-11-27)29-14-16-32(17-15-29)40-34(38)19-18-33(37)39-23-25-20-30(35)22-31(36)21-25/h14-22,24,26-28H,2-13,23,35-36H2,1H3. The summed E-state index contributed by atoms with van der Waals surface area (Å²) in [6.45, 7) is 2.30. The van der Waals surface area contributed by atoms with Gasteiger partial charge in [0.05, 0.1) is 0 Å². The monoisotopic (exact) mass is 546 g/mol. The van der Waals surface area contributed by atoms with E-state index in [0.717, 1.165) is 29.9 Å². The SMILES string of the molecule is CCCCCC1CCC(C2CCC(c3ccc(OC(=O)C=CC(=O)OCc4cc(N)cc(N)c4)cc3)CC2)CC1. The minimum atomic E-state index is -0.649. The van der Waals surface area contributed by atoms with Crippen LogP contribution in [0, 0.1) is 17.8 Å². The third kappa shape index (κ3) is 9.14. The quantitative estimate of drug-likeness (QED) is 0.0983. The van der Waals surface area contributed by atoms with Gasteiger partial charge in [-0.3, -0.25) is 0 Å². The zero-order valence-corrected chi connectivity index (χ0v) is 24.0. The number of nitrogen functional groups attached to an aromatic ring is 2. The summed E-state index contributed by atoms with van der Waals surface area (Å²) in [7, 11) is 0. The lowest BCUT2D eigenvalue weighted by Crippen LogP contribution is -2.25. The lowest BCUT2D eigenvalue weighted by atomic mass is 9.68. The smallest absolute Gasteiger partial charge is 0.336 e. The van der Waals surface area contributed by atoms with Crippen molar-refractivity contribution in [1.82, 2.24) is 0 Å². The van der Waals surface area contributed by atoms with Gasteiger partial charge in [0.15, 0.2) is 0 Å². The van der Waals surface area contributed by atoms with Crippen LogP contribution in [0.1, 0.15) is 101 Å². The first-order valence-corrected chi connectivity index (χ1v) is 15.2. The number of rotatable bonds is 11. The average Bonchev–Trinajstić information content (AvgIpc) is 2.96. The number of carbonyl (C=O) groups is 2. The Labute approximate surface area is 239 Å². The number of nitrogens with two attached hydrogens (primary N) is 2. The molecule has 2 aromatic carbocycles. The number of benzene rings is 2. The van der Waals surface area contributed by atoms with Gasteiger partial charge in [0.25, 0.3) is 0 Å². The molecular formula is C34H46N2O4. The number of anilines is 2. The topological polar surface area (TPSA) is 105 Å². The Kier molecular flexibility index (Phi) is 11.1. The lowest BCUT2D eigenvalue weighted by molar-refractivity contribution is -0.139. The molecule has 0 radical (unpaired) electrons. The summed E-state index contributed by atoms with van der Waals surface area (Å²) < 4.78 is 10.5. The van der Waals surface area contributed by atoms with Gasteiger partial charge in [-0.2, -0.15) is 0 Å². The van der Waals surface area contributed by atoms with Crippen molar-refractivity contribution in [3.05, 3.63) is 65.7 Å². The van der Waals surface area contributed by atoms with Gasteiger partial charge in [-0.15, -0.1) is 0 Å². The predicted octanol–water partition coefficient (Wildman–Crippen LogP) is 7.72. The summed E-state index contributed by atoms with van der Waals surface area (Å²) in [5.41, 5.74) is 14.5. The van der Waals surface area contributed by atoms with E-state index in [2.05, 4.69) is 19.1 Å². The number of carbonyl (C=O) groups excluding carboxylic acids is 2. The summed E-state index contributed by atoms with van der Waals surface area (Å²) in [5, 5.41) is 0. The van der Waals surface area contributed by atoms with Crippen LogP contribution in [0.3, 0.4) is 0 Å². The van der Waals surface area contributed by atoms with Crippen molar-refractivity contribution in [1.29, 1.82) is 0 Å². The van der Waals surface area contributed by atoms with Crippen LogP contribution in [0.5, 0.6) is 5.75 Å². The highest BCUT2D eigenvalue weighted by Crippen LogP contribution is 2.44. The molecule has 2 aliphatic carbocycles. The number of esters is 2. The molecule has 0 aliphatic heterocycles. The van der Waals surface area contributed by atoms with Gasteiger partial charge in [-0.1, -0.05) is 57.6 Å². The van der Waals surface area contributed by atoms with Crippen LogP contribution in [-0.2, 0) is 20.9 Å². The molecule has 2 fully saturated rings. The van der Waals surface area contributed by atoms with E-state index < -0.39 is 11.9 Å². The molecule has 0 saturated heterocycles. The van der Waals surface area contributed by atoms with Crippen LogP contribution in [0.4, 0.5) is 11.4 Å². The summed E-state index contributed by atoms with van der Waals surface area (Å²) >= 11 is 0. The van der Waals surface area contributed by atoms with E-state index in [4.69, 9.17) is 20.9 Å². The summed E-state index contributed by atoms with van der Waals surface area (Å²) in [6.07, 6.45) is 18.6. The fourth-order valence-electron chi connectivity index (χ4n) is 6.68. The van der Waals surface area contributed by atoms with Crippen LogP contribution in [0.25, 0.3) is 0 Å². The molecule has 0 unspecified atom stereocenters. The Morgan fingerprint density at radius 1 is 0.800 bits per heavy atom. The maximum absolute atomic E-state index is 12.2. The lowest BCUT2D eigenvalue weighted by Gasteiger charge is -2.38. The molecule has 0 bridgehead atoms. The van der Waals surface area contributed by atoms with Crippen LogP contribution < -0.4 is 16.2 Å². The number of hydrogen-bond acceptors (Lipinski definition) is 6. The highest BCUT2D eigenvalue weighted by atomic mass is 16.5. The molecular weight excluding hydrogens is 500 g/mol. The van der Waals surface area contributed by atoms with Crippen molar-refractivity contribution >= 4 is 23.3 Å². The largest absolute Gasteiger partial charge is 0.458 e. The van der Waals surface area contributed by atoms with Gasteiger partial charge < -0.3 is 20.9 Å². The first-order valence-electron chi connectivity index (χ1n) is 15.2. The van der Waals surface area contributed by atoms with Crippen molar-refractivity contribution in [2.45, 2.75) is 96.5 Å². The fraction of sp³-hybridized carbons (Fsp3) is 0.529. The first kappa shape index (κ1) is 29.7. The Hall–Kier alpha value is -3.28. The second kappa shape index (κ2) is 14.9. The van der Waals surface area contributed by atoms with Crippen LogP contribution in [-0.4, -0.2) is 11.9 Å². The van der Waals surface area contributed by atoms with E-state index in [1.807, 2.05) is 12.1 Å². The van der Waals surface area contributed by atoms with E-state index in [0.29, 0.717) is 28.6 Å². The normalized spacial score (nSPS) is 23.1. The second-order valence-electron chi connectivity index (χ2n) is 11.8. The van der Waals surface area contributed by atoms with Crippen molar-refractivity contribution in [2.24, 2.45) is 17.8 Å². The molecule has 6 heteroatoms. The molecule has 4 rings (SSSR count). The van der Waals surface area contributed by atoms with E-state index in [-0.39, 0.29) is 6.61 Å². The molecule has 2 aromatic rings. The molecule has 2 saturated carbocycles. The maximum atomic E-state index is 12.2. The Balaban J connectivity index is 1.16. The van der Waals surface area contributed by atoms with Gasteiger partial charge in [0.2, 0.25) is 0 Å².